The average Bonchev–Trinajstić information content (AvgIpc) is 2.40. The topological polar surface area (TPSA) is 48.4 Å². The minimum Gasteiger partial charge on any atom is -0.464 e. The Labute approximate surface area is 108 Å². The Morgan fingerprint density at radius 1 is 1.33 bits per heavy atom. The highest BCUT2D eigenvalue weighted by atomic mass is 16.6. The molecular weight excluding hydrogens is 230 g/mol. The predicted octanol–water partition coefficient (Wildman–Crippen LogP) is 2.37. The molecule has 0 aliphatic carbocycles. The number of hydrogen-bond donors (Lipinski definition) is 0. The van der Waals surface area contributed by atoms with E-state index in [2.05, 4.69) is 4.98 Å². The van der Waals surface area contributed by atoms with Crippen LogP contribution in [0.25, 0.3) is 0 Å². The van der Waals surface area contributed by atoms with E-state index in [0.29, 0.717) is 19.6 Å². The maximum Gasteiger partial charge on any atom is 0.335 e. The number of carbonyl (C=O) groups excluding carboxylic acids is 1. The van der Waals surface area contributed by atoms with Crippen LogP contribution < -0.4 is 0 Å². The summed E-state index contributed by atoms with van der Waals surface area (Å²) in [5, 5.41) is 0. The number of rotatable bonds is 8. The second kappa shape index (κ2) is 8.64. The van der Waals surface area contributed by atoms with Crippen LogP contribution in [-0.4, -0.2) is 30.3 Å². The van der Waals surface area contributed by atoms with Crippen molar-refractivity contribution in [3.8, 4) is 0 Å². The average molecular weight is 251 g/mol. The number of ether oxygens (including phenoxy) is 2. The van der Waals surface area contributed by atoms with Crippen LogP contribution >= 0.6 is 0 Å². The molecule has 0 saturated heterocycles. The van der Waals surface area contributed by atoms with E-state index in [0.717, 1.165) is 12.8 Å². The Morgan fingerprint density at radius 2 is 2.06 bits per heavy atom. The molecular formula is C14H21NO3. The van der Waals surface area contributed by atoms with Crippen LogP contribution in [0, 0.1) is 0 Å². The van der Waals surface area contributed by atoms with Crippen LogP contribution in [0.4, 0.5) is 0 Å². The summed E-state index contributed by atoms with van der Waals surface area (Å²) in [6.45, 7) is 4.69. The lowest BCUT2D eigenvalue weighted by Crippen LogP contribution is -2.26. The fraction of sp³-hybridized carbons (Fsp3) is 0.571. The summed E-state index contributed by atoms with van der Waals surface area (Å²) in [5.41, 5.74) is 1.23. The van der Waals surface area contributed by atoms with Crippen molar-refractivity contribution >= 4 is 5.97 Å². The minimum atomic E-state index is -0.428. The summed E-state index contributed by atoms with van der Waals surface area (Å²) in [7, 11) is 0. The zero-order valence-corrected chi connectivity index (χ0v) is 11.1. The standard InChI is InChI=1S/C14H21NO3/c1-3-13(14(16)17-4-2)18-11-5-6-12-7-9-15-10-8-12/h7-10,13H,3-6,11H2,1-2H3. The molecule has 4 nitrogen and oxygen atoms in total. The molecule has 0 spiro atoms. The van der Waals surface area contributed by atoms with Crippen molar-refractivity contribution in [1.82, 2.24) is 4.98 Å². The molecule has 100 valence electrons. The van der Waals surface area contributed by atoms with E-state index in [-0.39, 0.29) is 5.97 Å². The smallest absolute Gasteiger partial charge is 0.335 e. The van der Waals surface area contributed by atoms with Gasteiger partial charge in [-0.25, -0.2) is 4.79 Å². The number of esters is 1. The first-order chi connectivity index (χ1) is 8.77. The number of hydrogen-bond acceptors (Lipinski definition) is 4. The van der Waals surface area contributed by atoms with Gasteiger partial charge in [0.05, 0.1) is 6.61 Å². The van der Waals surface area contributed by atoms with Crippen molar-refractivity contribution in [2.45, 2.75) is 39.2 Å². The van der Waals surface area contributed by atoms with Crippen LogP contribution in [0.5, 0.6) is 0 Å². The van der Waals surface area contributed by atoms with E-state index in [4.69, 9.17) is 9.47 Å². The maximum absolute atomic E-state index is 11.5. The maximum atomic E-state index is 11.5. The molecule has 1 atom stereocenters. The zero-order chi connectivity index (χ0) is 13.2. The van der Waals surface area contributed by atoms with Gasteiger partial charge in [-0.05, 0) is 43.9 Å². The van der Waals surface area contributed by atoms with Gasteiger partial charge in [-0.2, -0.15) is 0 Å². The monoisotopic (exact) mass is 251 g/mol. The molecule has 0 aliphatic rings. The van der Waals surface area contributed by atoms with Gasteiger partial charge in [0.1, 0.15) is 0 Å². The molecule has 0 aromatic carbocycles. The lowest BCUT2D eigenvalue weighted by molar-refractivity contribution is -0.156. The number of pyridine rings is 1. The second-order valence-corrected chi connectivity index (χ2v) is 3.98. The third kappa shape index (κ3) is 5.27. The third-order valence-electron chi connectivity index (χ3n) is 2.60. The van der Waals surface area contributed by atoms with E-state index in [1.54, 1.807) is 19.3 Å². The van der Waals surface area contributed by atoms with Crippen molar-refractivity contribution < 1.29 is 14.3 Å². The van der Waals surface area contributed by atoms with Gasteiger partial charge in [-0.1, -0.05) is 6.92 Å². The molecule has 18 heavy (non-hydrogen) atoms. The number of carbonyl (C=O) groups is 1. The summed E-state index contributed by atoms with van der Waals surface area (Å²) in [6, 6.07) is 3.98. The fourth-order valence-corrected chi connectivity index (χ4v) is 1.64. The highest BCUT2D eigenvalue weighted by molar-refractivity contribution is 5.74. The summed E-state index contributed by atoms with van der Waals surface area (Å²) in [5.74, 6) is -0.260. The summed E-state index contributed by atoms with van der Waals surface area (Å²) >= 11 is 0. The molecule has 1 heterocycles. The number of nitrogens with zero attached hydrogens (tertiary/aromatic N) is 1. The Balaban J connectivity index is 2.21. The van der Waals surface area contributed by atoms with E-state index in [1.165, 1.54) is 5.56 Å². The SMILES string of the molecule is CCOC(=O)C(CC)OCCCc1ccncc1. The van der Waals surface area contributed by atoms with Crippen molar-refractivity contribution in [2.24, 2.45) is 0 Å². The van der Waals surface area contributed by atoms with Gasteiger partial charge < -0.3 is 9.47 Å². The molecule has 0 radical (unpaired) electrons. The minimum absolute atomic E-state index is 0.260. The highest BCUT2D eigenvalue weighted by Gasteiger charge is 2.17. The predicted molar refractivity (Wildman–Crippen MR) is 69.2 cm³/mol. The van der Waals surface area contributed by atoms with Gasteiger partial charge in [0, 0.05) is 19.0 Å². The van der Waals surface area contributed by atoms with Crippen molar-refractivity contribution in [3.63, 3.8) is 0 Å². The van der Waals surface area contributed by atoms with Crippen LogP contribution in [0.15, 0.2) is 24.5 Å². The van der Waals surface area contributed by atoms with Crippen LogP contribution in [0.3, 0.4) is 0 Å². The molecule has 0 aliphatic heterocycles. The van der Waals surface area contributed by atoms with Crippen molar-refractivity contribution in [2.75, 3.05) is 13.2 Å². The first-order valence-electron chi connectivity index (χ1n) is 6.45. The highest BCUT2D eigenvalue weighted by Crippen LogP contribution is 2.05. The van der Waals surface area contributed by atoms with Gasteiger partial charge in [-0.3, -0.25) is 4.98 Å². The first kappa shape index (κ1) is 14.6. The Hall–Kier alpha value is -1.42. The summed E-state index contributed by atoms with van der Waals surface area (Å²) in [4.78, 5) is 15.4. The number of aryl methyl sites for hydroxylation is 1. The summed E-state index contributed by atoms with van der Waals surface area (Å²) < 4.78 is 10.5. The lowest BCUT2D eigenvalue weighted by atomic mass is 10.1. The Morgan fingerprint density at radius 3 is 2.67 bits per heavy atom. The third-order valence-corrected chi connectivity index (χ3v) is 2.60. The first-order valence-corrected chi connectivity index (χ1v) is 6.45. The largest absolute Gasteiger partial charge is 0.464 e. The quantitative estimate of drug-likeness (QED) is 0.525. The van der Waals surface area contributed by atoms with Crippen molar-refractivity contribution in [1.29, 1.82) is 0 Å². The van der Waals surface area contributed by atoms with Gasteiger partial charge >= 0.3 is 5.97 Å². The lowest BCUT2D eigenvalue weighted by Gasteiger charge is -2.14. The molecule has 0 bridgehead atoms. The molecule has 1 unspecified atom stereocenters. The Kier molecular flexibility index (Phi) is 7.03. The van der Waals surface area contributed by atoms with E-state index < -0.39 is 6.10 Å². The summed E-state index contributed by atoms with van der Waals surface area (Å²) in [6.07, 6.45) is 5.60. The molecule has 4 heteroatoms. The fourth-order valence-electron chi connectivity index (χ4n) is 1.64. The molecule has 0 saturated carbocycles. The van der Waals surface area contributed by atoms with E-state index in [9.17, 15) is 4.79 Å². The van der Waals surface area contributed by atoms with Crippen LogP contribution in [0.2, 0.25) is 0 Å². The second-order valence-electron chi connectivity index (χ2n) is 3.98. The van der Waals surface area contributed by atoms with Gasteiger partial charge in [-0.15, -0.1) is 0 Å². The normalized spacial score (nSPS) is 12.1. The molecule has 0 fully saturated rings. The molecule has 1 aromatic rings. The molecule has 1 rings (SSSR count). The molecule has 0 amide bonds. The Bertz CT molecular complexity index is 340. The van der Waals surface area contributed by atoms with E-state index in [1.807, 2.05) is 19.1 Å². The van der Waals surface area contributed by atoms with Crippen LogP contribution in [0.1, 0.15) is 32.3 Å². The van der Waals surface area contributed by atoms with Gasteiger partial charge in [0.25, 0.3) is 0 Å². The van der Waals surface area contributed by atoms with Gasteiger partial charge in [0.15, 0.2) is 6.10 Å². The van der Waals surface area contributed by atoms with E-state index >= 15 is 0 Å². The zero-order valence-electron chi connectivity index (χ0n) is 11.1. The molecule has 1 aromatic heterocycles. The van der Waals surface area contributed by atoms with Gasteiger partial charge in [0.2, 0.25) is 0 Å². The molecule has 0 N–H and O–H groups in total. The number of aromatic nitrogens is 1. The van der Waals surface area contributed by atoms with Crippen LogP contribution in [-0.2, 0) is 20.7 Å². The van der Waals surface area contributed by atoms with Crippen molar-refractivity contribution in [3.05, 3.63) is 30.1 Å².